The maximum Gasteiger partial charge on any atom is 0.236 e. The molecule has 1 amide bonds. The van der Waals surface area contributed by atoms with E-state index in [1.165, 1.54) is 0 Å². The van der Waals surface area contributed by atoms with Gasteiger partial charge in [0.1, 0.15) is 0 Å². The number of rotatable bonds is 8. The highest BCUT2D eigenvalue weighted by atomic mass is 16.2. The van der Waals surface area contributed by atoms with E-state index >= 15 is 0 Å². The largest absolute Gasteiger partial charge is 0.355 e. The molecule has 0 aromatic carbocycles. The highest BCUT2D eigenvalue weighted by Crippen LogP contribution is 1.96. The molecular formula is C12H24N2O. The van der Waals surface area contributed by atoms with Crippen molar-refractivity contribution < 1.29 is 4.79 Å². The molecule has 0 aromatic rings. The van der Waals surface area contributed by atoms with Crippen LogP contribution in [0.15, 0.2) is 12.7 Å². The first kappa shape index (κ1) is 14.2. The second kappa shape index (κ2) is 8.48. The lowest BCUT2D eigenvalue weighted by molar-refractivity contribution is -0.122. The van der Waals surface area contributed by atoms with Crippen molar-refractivity contribution in [2.45, 2.75) is 39.7 Å². The zero-order valence-electron chi connectivity index (χ0n) is 10.2. The van der Waals surface area contributed by atoms with Gasteiger partial charge in [0, 0.05) is 6.54 Å². The Hall–Kier alpha value is -0.830. The molecule has 0 aliphatic heterocycles. The minimum Gasteiger partial charge on any atom is -0.355 e. The van der Waals surface area contributed by atoms with Crippen LogP contribution < -0.4 is 10.6 Å². The molecule has 0 fully saturated rings. The fourth-order valence-electron chi connectivity index (χ4n) is 1.13. The average Bonchev–Trinajstić information content (AvgIpc) is 2.17. The van der Waals surface area contributed by atoms with Gasteiger partial charge in [-0.2, -0.15) is 0 Å². The Morgan fingerprint density at radius 1 is 1.33 bits per heavy atom. The Morgan fingerprint density at radius 2 is 2.00 bits per heavy atom. The number of hydrogen-bond acceptors (Lipinski definition) is 2. The van der Waals surface area contributed by atoms with Crippen LogP contribution in [0.25, 0.3) is 0 Å². The van der Waals surface area contributed by atoms with Crippen molar-refractivity contribution in [3.63, 3.8) is 0 Å². The molecule has 0 rings (SSSR count). The van der Waals surface area contributed by atoms with Gasteiger partial charge in [0.25, 0.3) is 0 Å². The van der Waals surface area contributed by atoms with E-state index in [0.717, 1.165) is 25.9 Å². The van der Waals surface area contributed by atoms with Crippen molar-refractivity contribution in [1.82, 2.24) is 10.6 Å². The lowest BCUT2D eigenvalue weighted by atomic mass is 10.1. The van der Waals surface area contributed by atoms with Gasteiger partial charge < -0.3 is 10.6 Å². The molecule has 0 saturated carbocycles. The summed E-state index contributed by atoms with van der Waals surface area (Å²) >= 11 is 0. The minimum atomic E-state index is -0.114. The van der Waals surface area contributed by atoms with E-state index in [1.54, 1.807) is 0 Å². The van der Waals surface area contributed by atoms with Gasteiger partial charge in [-0.1, -0.05) is 19.9 Å². The summed E-state index contributed by atoms with van der Waals surface area (Å²) in [6, 6.07) is -0.114. The van der Waals surface area contributed by atoms with E-state index in [9.17, 15) is 4.79 Å². The first-order chi connectivity index (χ1) is 7.07. The highest BCUT2D eigenvalue weighted by molar-refractivity contribution is 5.81. The van der Waals surface area contributed by atoms with Crippen molar-refractivity contribution in [2.75, 3.05) is 13.1 Å². The number of hydrogen-bond donors (Lipinski definition) is 2. The monoisotopic (exact) mass is 212 g/mol. The Kier molecular flexibility index (Phi) is 8.01. The van der Waals surface area contributed by atoms with E-state index in [-0.39, 0.29) is 11.9 Å². The Balaban J connectivity index is 3.55. The zero-order chi connectivity index (χ0) is 11.7. The van der Waals surface area contributed by atoms with Gasteiger partial charge in [-0.15, -0.1) is 6.58 Å². The van der Waals surface area contributed by atoms with Crippen LogP contribution in [0.1, 0.15) is 33.6 Å². The van der Waals surface area contributed by atoms with E-state index in [2.05, 4.69) is 31.1 Å². The molecule has 0 aromatic heterocycles. The van der Waals surface area contributed by atoms with Gasteiger partial charge in [-0.25, -0.2) is 0 Å². The standard InChI is InChI=1S/C12H24N2O/c1-5-6-8-13-11(4)12(15)14-9-7-10(2)3/h5,10-11,13H,1,6-9H2,2-4H3,(H,14,15). The maximum absolute atomic E-state index is 11.5. The van der Waals surface area contributed by atoms with Gasteiger partial charge in [-0.05, 0) is 32.2 Å². The molecule has 0 heterocycles. The third-order valence-corrected chi connectivity index (χ3v) is 2.21. The molecular weight excluding hydrogens is 188 g/mol. The average molecular weight is 212 g/mol. The molecule has 0 radical (unpaired) electrons. The molecule has 2 N–H and O–H groups in total. The summed E-state index contributed by atoms with van der Waals surface area (Å²) in [5.41, 5.74) is 0. The second-order valence-corrected chi connectivity index (χ2v) is 4.23. The molecule has 88 valence electrons. The third-order valence-electron chi connectivity index (χ3n) is 2.21. The quantitative estimate of drug-likeness (QED) is 0.475. The lowest BCUT2D eigenvalue weighted by Gasteiger charge is -2.14. The minimum absolute atomic E-state index is 0.0831. The Bertz CT molecular complexity index is 190. The first-order valence-electron chi connectivity index (χ1n) is 5.70. The fourth-order valence-corrected chi connectivity index (χ4v) is 1.13. The molecule has 3 heteroatoms. The van der Waals surface area contributed by atoms with Crippen LogP contribution in [-0.4, -0.2) is 25.0 Å². The Morgan fingerprint density at radius 3 is 2.53 bits per heavy atom. The van der Waals surface area contributed by atoms with Gasteiger partial charge in [0.15, 0.2) is 0 Å². The van der Waals surface area contributed by atoms with Gasteiger partial charge in [0.2, 0.25) is 5.91 Å². The Labute approximate surface area is 93.3 Å². The SMILES string of the molecule is C=CCCNC(C)C(=O)NCCC(C)C. The summed E-state index contributed by atoms with van der Waals surface area (Å²) in [6.45, 7) is 11.4. The van der Waals surface area contributed by atoms with Crippen molar-refractivity contribution in [2.24, 2.45) is 5.92 Å². The van der Waals surface area contributed by atoms with E-state index < -0.39 is 0 Å². The lowest BCUT2D eigenvalue weighted by Crippen LogP contribution is -2.42. The van der Waals surface area contributed by atoms with E-state index in [0.29, 0.717) is 5.92 Å². The van der Waals surface area contributed by atoms with Crippen LogP contribution in [-0.2, 0) is 4.79 Å². The summed E-state index contributed by atoms with van der Waals surface area (Å²) < 4.78 is 0. The predicted octanol–water partition coefficient (Wildman–Crippen LogP) is 1.70. The predicted molar refractivity (Wildman–Crippen MR) is 64.7 cm³/mol. The van der Waals surface area contributed by atoms with Crippen molar-refractivity contribution in [3.8, 4) is 0 Å². The van der Waals surface area contributed by atoms with Gasteiger partial charge in [0.05, 0.1) is 6.04 Å². The zero-order valence-corrected chi connectivity index (χ0v) is 10.2. The molecule has 0 saturated heterocycles. The normalized spacial score (nSPS) is 12.5. The van der Waals surface area contributed by atoms with Crippen LogP contribution in [0.3, 0.4) is 0 Å². The van der Waals surface area contributed by atoms with E-state index in [4.69, 9.17) is 0 Å². The van der Waals surface area contributed by atoms with Crippen LogP contribution in [0.4, 0.5) is 0 Å². The fraction of sp³-hybridized carbons (Fsp3) is 0.750. The molecule has 0 aliphatic carbocycles. The van der Waals surface area contributed by atoms with Crippen molar-refractivity contribution >= 4 is 5.91 Å². The molecule has 1 atom stereocenters. The smallest absolute Gasteiger partial charge is 0.236 e. The molecule has 0 aliphatic rings. The van der Waals surface area contributed by atoms with Crippen LogP contribution in [0.5, 0.6) is 0 Å². The molecule has 0 bridgehead atoms. The summed E-state index contributed by atoms with van der Waals surface area (Å²) in [4.78, 5) is 11.5. The molecule has 0 spiro atoms. The second-order valence-electron chi connectivity index (χ2n) is 4.23. The highest BCUT2D eigenvalue weighted by Gasteiger charge is 2.10. The van der Waals surface area contributed by atoms with Crippen molar-refractivity contribution in [1.29, 1.82) is 0 Å². The van der Waals surface area contributed by atoms with Crippen molar-refractivity contribution in [3.05, 3.63) is 12.7 Å². The molecule has 3 nitrogen and oxygen atoms in total. The number of amides is 1. The molecule has 1 unspecified atom stereocenters. The summed E-state index contributed by atoms with van der Waals surface area (Å²) in [5.74, 6) is 0.717. The van der Waals surface area contributed by atoms with Crippen LogP contribution in [0, 0.1) is 5.92 Å². The van der Waals surface area contributed by atoms with Crippen LogP contribution in [0.2, 0.25) is 0 Å². The first-order valence-corrected chi connectivity index (χ1v) is 5.70. The maximum atomic E-state index is 11.5. The third kappa shape index (κ3) is 8.18. The number of carbonyl (C=O) groups is 1. The van der Waals surface area contributed by atoms with Gasteiger partial charge >= 0.3 is 0 Å². The topological polar surface area (TPSA) is 41.1 Å². The number of carbonyl (C=O) groups excluding carboxylic acids is 1. The van der Waals surface area contributed by atoms with Crippen LogP contribution >= 0.6 is 0 Å². The number of nitrogens with one attached hydrogen (secondary N) is 2. The van der Waals surface area contributed by atoms with E-state index in [1.807, 2.05) is 13.0 Å². The van der Waals surface area contributed by atoms with Gasteiger partial charge in [-0.3, -0.25) is 4.79 Å². The summed E-state index contributed by atoms with van der Waals surface area (Å²) in [6.07, 6.45) is 3.77. The summed E-state index contributed by atoms with van der Waals surface area (Å²) in [5, 5.41) is 6.05. The summed E-state index contributed by atoms with van der Waals surface area (Å²) in [7, 11) is 0. The molecule has 15 heavy (non-hydrogen) atoms.